The zero-order valence-corrected chi connectivity index (χ0v) is 15.5. The topological polar surface area (TPSA) is 45.7 Å². The number of ether oxygens (including phenoxy) is 1. The molecule has 0 aromatic heterocycles. The summed E-state index contributed by atoms with van der Waals surface area (Å²) in [4.78, 5) is 4.71. The van der Waals surface area contributed by atoms with Crippen LogP contribution in [0.1, 0.15) is 39.2 Å². The van der Waals surface area contributed by atoms with Gasteiger partial charge >= 0.3 is 0 Å². The van der Waals surface area contributed by atoms with Gasteiger partial charge in [0.1, 0.15) is 5.82 Å². The van der Waals surface area contributed by atoms with Crippen molar-refractivity contribution in [1.82, 2.24) is 10.6 Å². The fraction of sp³-hybridized carbons (Fsp3) is 0.650. The van der Waals surface area contributed by atoms with E-state index in [-0.39, 0.29) is 11.2 Å². The summed E-state index contributed by atoms with van der Waals surface area (Å²) in [6.45, 7) is 9.06. The molecule has 25 heavy (non-hydrogen) atoms. The number of hydrogen-bond donors (Lipinski definition) is 2. The standard InChI is InChI=1S/C20H30FN3O/c1-4-22-19(23-11-6-8-14-7-5-9-15(21)13-14)24-17-16-10-12-25-18(16)20(17,2)3/h5,7,9,13,16-18H,4,6,8,10-12H2,1-3H3,(H2,22,23,24). The maximum atomic E-state index is 13.2. The zero-order chi connectivity index (χ0) is 17.9. The lowest BCUT2D eigenvalue weighted by molar-refractivity contribution is -0.106. The number of halogens is 1. The summed E-state index contributed by atoms with van der Waals surface area (Å²) in [7, 11) is 0. The largest absolute Gasteiger partial charge is 0.377 e. The fourth-order valence-electron chi connectivity index (χ4n) is 4.25. The second-order valence-corrected chi connectivity index (χ2v) is 7.68. The first-order valence-electron chi connectivity index (χ1n) is 9.43. The van der Waals surface area contributed by atoms with Crippen molar-refractivity contribution < 1.29 is 9.13 Å². The molecule has 3 rings (SSSR count). The van der Waals surface area contributed by atoms with Crippen molar-refractivity contribution in [3.05, 3.63) is 35.6 Å². The number of benzene rings is 1. The fourth-order valence-corrected chi connectivity index (χ4v) is 4.25. The van der Waals surface area contributed by atoms with Crippen molar-refractivity contribution in [3.63, 3.8) is 0 Å². The molecule has 2 N–H and O–H groups in total. The molecule has 3 atom stereocenters. The second-order valence-electron chi connectivity index (χ2n) is 7.68. The van der Waals surface area contributed by atoms with E-state index in [1.54, 1.807) is 12.1 Å². The quantitative estimate of drug-likeness (QED) is 0.472. The SMILES string of the molecule is CCNC(=NCCCc1cccc(F)c1)NC1C2CCOC2C1(C)C. The number of rotatable bonds is 6. The lowest BCUT2D eigenvalue weighted by Crippen LogP contribution is -2.67. The van der Waals surface area contributed by atoms with E-state index >= 15 is 0 Å². The van der Waals surface area contributed by atoms with Gasteiger partial charge in [0.25, 0.3) is 0 Å². The minimum atomic E-state index is -0.170. The average molecular weight is 347 g/mol. The summed E-state index contributed by atoms with van der Waals surface area (Å²) >= 11 is 0. The van der Waals surface area contributed by atoms with Crippen LogP contribution < -0.4 is 10.6 Å². The highest BCUT2D eigenvalue weighted by molar-refractivity contribution is 5.80. The van der Waals surface area contributed by atoms with Gasteiger partial charge in [-0.15, -0.1) is 0 Å². The highest BCUT2D eigenvalue weighted by Crippen LogP contribution is 2.52. The first-order chi connectivity index (χ1) is 12.0. The van der Waals surface area contributed by atoms with E-state index in [1.165, 1.54) is 6.07 Å². The minimum Gasteiger partial charge on any atom is -0.377 e. The van der Waals surface area contributed by atoms with E-state index in [1.807, 2.05) is 6.07 Å². The first-order valence-corrected chi connectivity index (χ1v) is 9.43. The third-order valence-corrected chi connectivity index (χ3v) is 5.52. The Hall–Kier alpha value is -1.62. The van der Waals surface area contributed by atoms with Crippen LogP contribution in [0, 0.1) is 17.2 Å². The summed E-state index contributed by atoms with van der Waals surface area (Å²) in [5.74, 6) is 1.30. The van der Waals surface area contributed by atoms with Crippen molar-refractivity contribution >= 4 is 5.96 Å². The van der Waals surface area contributed by atoms with Crippen LogP contribution in [-0.2, 0) is 11.2 Å². The molecule has 0 amide bonds. The first kappa shape index (κ1) is 18.2. The third kappa shape index (κ3) is 3.97. The van der Waals surface area contributed by atoms with Crippen molar-refractivity contribution in [1.29, 1.82) is 0 Å². The Morgan fingerprint density at radius 3 is 3.00 bits per heavy atom. The highest BCUT2D eigenvalue weighted by Gasteiger charge is 2.59. The van der Waals surface area contributed by atoms with E-state index in [0.29, 0.717) is 18.1 Å². The Bertz CT molecular complexity index is 617. The van der Waals surface area contributed by atoms with Gasteiger partial charge in [0, 0.05) is 37.1 Å². The van der Waals surface area contributed by atoms with Crippen LogP contribution in [0.25, 0.3) is 0 Å². The third-order valence-electron chi connectivity index (χ3n) is 5.52. The molecular formula is C20H30FN3O. The van der Waals surface area contributed by atoms with Gasteiger partial charge in [-0.3, -0.25) is 4.99 Å². The maximum Gasteiger partial charge on any atom is 0.191 e. The normalized spacial score (nSPS) is 27.5. The summed E-state index contributed by atoms with van der Waals surface area (Å²) < 4.78 is 19.1. The van der Waals surface area contributed by atoms with Gasteiger partial charge < -0.3 is 15.4 Å². The molecule has 1 heterocycles. The molecule has 3 unspecified atom stereocenters. The molecule has 2 fully saturated rings. The summed E-state index contributed by atoms with van der Waals surface area (Å²) in [6, 6.07) is 7.21. The number of hydrogen-bond acceptors (Lipinski definition) is 2. The molecule has 1 aromatic rings. The highest BCUT2D eigenvalue weighted by atomic mass is 19.1. The van der Waals surface area contributed by atoms with E-state index < -0.39 is 0 Å². The molecule has 2 aliphatic rings. The Labute approximate surface area is 150 Å². The summed E-state index contributed by atoms with van der Waals surface area (Å²) in [5, 5.41) is 6.97. The average Bonchev–Trinajstić information content (AvgIpc) is 3.03. The Morgan fingerprint density at radius 1 is 1.40 bits per heavy atom. The zero-order valence-electron chi connectivity index (χ0n) is 15.5. The Kier molecular flexibility index (Phi) is 5.62. The number of aliphatic imine (C=N–C) groups is 1. The van der Waals surface area contributed by atoms with Crippen LogP contribution in [0.15, 0.2) is 29.3 Å². The number of nitrogens with one attached hydrogen (secondary N) is 2. The molecule has 0 bridgehead atoms. The molecule has 1 aliphatic carbocycles. The molecular weight excluding hydrogens is 317 g/mol. The van der Waals surface area contributed by atoms with Gasteiger partial charge in [0.2, 0.25) is 0 Å². The molecule has 1 aromatic carbocycles. The Balaban J connectivity index is 1.53. The van der Waals surface area contributed by atoms with Crippen LogP contribution >= 0.6 is 0 Å². The van der Waals surface area contributed by atoms with Crippen LogP contribution in [0.3, 0.4) is 0 Å². The monoisotopic (exact) mass is 347 g/mol. The van der Waals surface area contributed by atoms with Gasteiger partial charge in [-0.2, -0.15) is 0 Å². The number of fused-ring (bicyclic) bond motifs is 1. The van der Waals surface area contributed by atoms with Gasteiger partial charge in [0.15, 0.2) is 5.96 Å². The molecule has 138 valence electrons. The maximum absolute atomic E-state index is 13.2. The van der Waals surface area contributed by atoms with Gasteiger partial charge in [-0.05, 0) is 43.9 Å². The van der Waals surface area contributed by atoms with E-state index in [2.05, 4.69) is 31.4 Å². The van der Waals surface area contributed by atoms with E-state index in [0.717, 1.165) is 50.5 Å². The lowest BCUT2D eigenvalue weighted by Gasteiger charge is -2.54. The predicted molar refractivity (Wildman–Crippen MR) is 99.3 cm³/mol. The van der Waals surface area contributed by atoms with Gasteiger partial charge in [-0.25, -0.2) is 4.39 Å². The second kappa shape index (κ2) is 7.73. The van der Waals surface area contributed by atoms with Gasteiger partial charge in [0.05, 0.1) is 6.10 Å². The van der Waals surface area contributed by atoms with Crippen LogP contribution in [0.5, 0.6) is 0 Å². The smallest absolute Gasteiger partial charge is 0.191 e. The lowest BCUT2D eigenvalue weighted by atomic mass is 9.57. The van der Waals surface area contributed by atoms with E-state index in [9.17, 15) is 4.39 Å². The van der Waals surface area contributed by atoms with Crippen LogP contribution in [0.2, 0.25) is 0 Å². The summed E-state index contributed by atoms with van der Waals surface area (Å²) in [5.41, 5.74) is 1.16. The van der Waals surface area contributed by atoms with Crippen LogP contribution in [0.4, 0.5) is 4.39 Å². The Morgan fingerprint density at radius 2 is 2.24 bits per heavy atom. The minimum absolute atomic E-state index is 0.138. The van der Waals surface area contributed by atoms with Crippen molar-refractivity contribution in [2.24, 2.45) is 16.3 Å². The summed E-state index contributed by atoms with van der Waals surface area (Å²) in [6.07, 6.45) is 3.25. The molecule has 4 nitrogen and oxygen atoms in total. The van der Waals surface area contributed by atoms with Crippen molar-refractivity contribution in [2.75, 3.05) is 19.7 Å². The molecule has 0 radical (unpaired) electrons. The molecule has 0 spiro atoms. The predicted octanol–water partition coefficient (Wildman–Crippen LogP) is 3.13. The molecule has 5 heteroatoms. The van der Waals surface area contributed by atoms with Crippen molar-refractivity contribution in [3.8, 4) is 0 Å². The number of nitrogens with zero attached hydrogens (tertiary/aromatic N) is 1. The molecule has 1 saturated carbocycles. The van der Waals surface area contributed by atoms with E-state index in [4.69, 9.17) is 9.73 Å². The molecule has 1 saturated heterocycles. The van der Waals surface area contributed by atoms with Crippen molar-refractivity contribution in [2.45, 2.75) is 52.2 Å². The number of aryl methyl sites for hydroxylation is 1. The number of guanidine groups is 1. The van der Waals surface area contributed by atoms with Gasteiger partial charge in [-0.1, -0.05) is 26.0 Å². The van der Waals surface area contributed by atoms with Crippen LogP contribution in [-0.4, -0.2) is 37.8 Å². The molecule has 1 aliphatic heterocycles.